The van der Waals surface area contributed by atoms with Crippen molar-refractivity contribution in [2.45, 2.75) is 32.8 Å². The summed E-state index contributed by atoms with van der Waals surface area (Å²) in [5.41, 5.74) is 9.62. The Morgan fingerprint density at radius 2 is 2.00 bits per heavy atom. The van der Waals surface area contributed by atoms with Crippen LogP contribution in [0.1, 0.15) is 33.5 Å². The van der Waals surface area contributed by atoms with Crippen molar-refractivity contribution in [2.24, 2.45) is 5.73 Å². The predicted octanol–water partition coefficient (Wildman–Crippen LogP) is 4.38. The topological polar surface area (TPSA) is 73.1 Å². The molecule has 2 aromatic heterocycles. The van der Waals surface area contributed by atoms with Gasteiger partial charge in [-0.15, -0.1) is 36.2 Å². The average molecular weight is 441 g/mol. The van der Waals surface area contributed by atoms with E-state index in [1.165, 1.54) is 21.6 Å². The first kappa shape index (κ1) is 22.8. The summed E-state index contributed by atoms with van der Waals surface area (Å²) in [5, 5.41) is 4.66. The van der Waals surface area contributed by atoms with E-state index >= 15 is 0 Å². The zero-order valence-electron chi connectivity index (χ0n) is 16.0. The summed E-state index contributed by atoms with van der Waals surface area (Å²) in [4.78, 5) is 11.8. The molecule has 3 aromatic rings. The number of ether oxygens (including phenoxy) is 1. The van der Waals surface area contributed by atoms with Crippen LogP contribution in [-0.4, -0.2) is 29.7 Å². The van der Waals surface area contributed by atoms with Crippen LogP contribution in [0.4, 0.5) is 5.82 Å². The highest BCUT2D eigenvalue weighted by Gasteiger charge is 2.21. The molecule has 1 aliphatic heterocycles. The van der Waals surface area contributed by atoms with Crippen LogP contribution in [0.5, 0.6) is 0 Å². The van der Waals surface area contributed by atoms with Crippen LogP contribution in [0.3, 0.4) is 0 Å². The number of aryl methyl sites for hydroxylation is 2. The van der Waals surface area contributed by atoms with Gasteiger partial charge >= 0.3 is 0 Å². The van der Waals surface area contributed by atoms with Gasteiger partial charge in [-0.05, 0) is 43.5 Å². The van der Waals surface area contributed by atoms with E-state index in [1.54, 1.807) is 11.3 Å². The number of hydrogen-bond acceptors (Lipinski definition) is 6. The van der Waals surface area contributed by atoms with Gasteiger partial charge in [-0.2, -0.15) is 0 Å². The van der Waals surface area contributed by atoms with Gasteiger partial charge in [-0.3, -0.25) is 0 Å². The number of nitrogens with zero attached hydrogens (tertiary/aromatic N) is 2. The predicted molar refractivity (Wildman–Crippen MR) is 121 cm³/mol. The molecule has 28 heavy (non-hydrogen) atoms. The van der Waals surface area contributed by atoms with Crippen LogP contribution in [0.25, 0.3) is 10.2 Å². The highest BCUT2D eigenvalue weighted by Crippen LogP contribution is 2.34. The summed E-state index contributed by atoms with van der Waals surface area (Å²) in [6.07, 6.45) is 1.71. The van der Waals surface area contributed by atoms with Crippen LogP contribution in [0.2, 0.25) is 0 Å². The molecule has 3 heterocycles. The number of nitrogens with one attached hydrogen (secondary N) is 1. The third kappa shape index (κ3) is 4.42. The average Bonchev–Trinajstić information content (AvgIpc) is 2.94. The number of benzene rings is 1. The second-order valence-corrected chi connectivity index (χ2v) is 7.88. The standard InChI is InChI=1S/C20H24N4OS.2ClH/c1-12-13(2)26-20-18(12)19(23-17(24-20)7-9-21)22-11-16-15-6-4-3-5-14(15)8-10-25-16;;/h3-6,16H,7-11,21H2,1-2H3,(H,22,23,24);2*1H. The van der Waals surface area contributed by atoms with E-state index in [1.807, 2.05) is 0 Å². The van der Waals surface area contributed by atoms with Crippen LogP contribution >= 0.6 is 36.2 Å². The maximum atomic E-state index is 6.03. The highest BCUT2D eigenvalue weighted by molar-refractivity contribution is 7.18. The Morgan fingerprint density at radius 1 is 1.21 bits per heavy atom. The lowest BCUT2D eigenvalue weighted by molar-refractivity contribution is 0.0513. The SMILES string of the molecule is Cc1sc2nc(CCN)nc(NCC3OCCc4ccccc43)c2c1C.Cl.Cl. The zero-order valence-corrected chi connectivity index (χ0v) is 18.5. The lowest BCUT2D eigenvalue weighted by Gasteiger charge is -2.26. The van der Waals surface area contributed by atoms with Crippen molar-refractivity contribution in [2.75, 3.05) is 25.0 Å². The van der Waals surface area contributed by atoms with Crippen molar-refractivity contribution >= 4 is 52.2 Å². The van der Waals surface area contributed by atoms with Crippen molar-refractivity contribution < 1.29 is 4.74 Å². The Morgan fingerprint density at radius 3 is 2.79 bits per heavy atom. The summed E-state index contributed by atoms with van der Waals surface area (Å²) < 4.78 is 6.03. The lowest BCUT2D eigenvalue weighted by atomic mass is 9.97. The van der Waals surface area contributed by atoms with Gasteiger partial charge < -0.3 is 15.8 Å². The summed E-state index contributed by atoms with van der Waals surface area (Å²) in [6, 6.07) is 8.53. The number of thiophene rings is 1. The fraction of sp³-hybridized carbons (Fsp3) is 0.400. The fourth-order valence-corrected chi connectivity index (χ4v) is 4.55. The van der Waals surface area contributed by atoms with Crippen molar-refractivity contribution in [1.29, 1.82) is 0 Å². The van der Waals surface area contributed by atoms with E-state index in [2.05, 4.69) is 43.4 Å². The van der Waals surface area contributed by atoms with E-state index in [4.69, 9.17) is 20.4 Å². The van der Waals surface area contributed by atoms with E-state index in [0.29, 0.717) is 19.5 Å². The summed E-state index contributed by atoms with van der Waals surface area (Å²) >= 11 is 1.72. The van der Waals surface area contributed by atoms with Gasteiger partial charge in [0, 0.05) is 17.8 Å². The smallest absolute Gasteiger partial charge is 0.138 e. The molecule has 5 nitrogen and oxygen atoms in total. The molecule has 0 fully saturated rings. The lowest BCUT2D eigenvalue weighted by Crippen LogP contribution is -2.23. The molecule has 3 N–H and O–H groups in total. The quantitative estimate of drug-likeness (QED) is 0.615. The van der Waals surface area contributed by atoms with Crippen molar-refractivity contribution in [3.05, 3.63) is 51.7 Å². The van der Waals surface area contributed by atoms with Crippen molar-refractivity contribution in [3.63, 3.8) is 0 Å². The molecule has 0 saturated carbocycles. The molecular formula is C20H26Cl2N4OS. The number of fused-ring (bicyclic) bond motifs is 2. The van der Waals surface area contributed by atoms with Crippen molar-refractivity contribution in [3.8, 4) is 0 Å². The molecule has 8 heteroatoms. The largest absolute Gasteiger partial charge is 0.371 e. The fourth-order valence-electron chi connectivity index (χ4n) is 3.50. The number of hydrogen-bond donors (Lipinski definition) is 2. The molecule has 1 atom stereocenters. The van der Waals surface area contributed by atoms with Gasteiger partial charge in [0.25, 0.3) is 0 Å². The van der Waals surface area contributed by atoms with E-state index in [-0.39, 0.29) is 30.9 Å². The van der Waals surface area contributed by atoms with Gasteiger partial charge in [-0.25, -0.2) is 9.97 Å². The highest BCUT2D eigenvalue weighted by atomic mass is 35.5. The molecule has 0 spiro atoms. The minimum absolute atomic E-state index is 0. The first-order chi connectivity index (χ1) is 12.7. The Hall–Kier alpha value is -1.44. The van der Waals surface area contributed by atoms with Gasteiger partial charge in [0.2, 0.25) is 0 Å². The summed E-state index contributed by atoms with van der Waals surface area (Å²) in [7, 11) is 0. The first-order valence-corrected chi connectivity index (χ1v) is 9.89. The molecule has 0 amide bonds. The second-order valence-electron chi connectivity index (χ2n) is 6.68. The third-order valence-corrected chi connectivity index (χ3v) is 6.09. The number of rotatable bonds is 5. The minimum Gasteiger partial charge on any atom is -0.371 e. The molecule has 1 unspecified atom stereocenters. The molecule has 1 aliphatic rings. The molecule has 0 aliphatic carbocycles. The molecule has 152 valence electrons. The molecule has 0 saturated heterocycles. The van der Waals surface area contributed by atoms with Crippen LogP contribution in [0, 0.1) is 13.8 Å². The Labute approximate surface area is 181 Å². The van der Waals surface area contributed by atoms with Crippen LogP contribution < -0.4 is 11.1 Å². The Bertz CT molecular complexity index is 947. The first-order valence-electron chi connectivity index (χ1n) is 9.07. The van der Waals surface area contributed by atoms with E-state index < -0.39 is 0 Å². The molecular weight excluding hydrogens is 415 g/mol. The monoisotopic (exact) mass is 440 g/mol. The summed E-state index contributed by atoms with van der Waals surface area (Å²) in [5.74, 6) is 1.70. The number of halogens is 2. The van der Waals surface area contributed by atoms with Gasteiger partial charge in [0.1, 0.15) is 16.5 Å². The number of anilines is 1. The van der Waals surface area contributed by atoms with E-state index in [0.717, 1.165) is 34.9 Å². The minimum atomic E-state index is 0. The van der Waals surface area contributed by atoms with Gasteiger partial charge in [0.15, 0.2) is 0 Å². The van der Waals surface area contributed by atoms with Crippen LogP contribution in [-0.2, 0) is 17.6 Å². The zero-order chi connectivity index (χ0) is 18.1. The maximum Gasteiger partial charge on any atom is 0.138 e. The second kappa shape index (κ2) is 9.85. The Balaban J connectivity index is 0.00000140. The summed E-state index contributed by atoms with van der Waals surface area (Å²) in [6.45, 7) is 6.27. The maximum absolute atomic E-state index is 6.03. The third-order valence-electron chi connectivity index (χ3n) is 4.99. The van der Waals surface area contributed by atoms with Crippen molar-refractivity contribution in [1.82, 2.24) is 9.97 Å². The molecule has 0 bridgehead atoms. The van der Waals surface area contributed by atoms with Gasteiger partial charge in [-0.1, -0.05) is 24.3 Å². The normalized spacial score (nSPS) is 15.5. The van der Waals surface area contributed by atoms with Crippen LogP contribution in [0.15, 0.2) is 24.3 Å². The molecule has 4 rings (SSSR count). The van der Waals surface area contributed by atoms with Gasteiger partial charge in [0.05, 0.1) is 18.1 Å². The number of nitrogens with two attached hydrogens (primary N) is 1. The molecule has 0 radical (unpaired) electrons. The molecule has 1 aromatic carbocycles. The Kier molecular flexibility index (Phi) is 8.04. The number of aromatic nitrogens is 2. The van der Waals surface area contributed by atoms with E-state index in [9.17, 15) is 0 Å².